The zero-order chi connectivity index (χ0) is 15.9. The largest absolute Gasteiger partial charge is 0.508 e. The summed E-state index contributed by atoms with van der Waals surface area (Å²) in [7, 11) is 1.27. The average Bonchev–Trinajstić information content (AvgIpc) is 2.47. The van der Waals surface area contributed by atoms with Crippen molar-refractivity contribution in [3.63, 3.8) is 0 Å². The van der Waals surface area contributed by atoms with E-state index >= 15 is 0 Å². The van der Waals surface area contributed by atoms with Crippen molar-refractivity contribution in [1.82, 2.24) is 0 Å². The Hall–Kier alpha value is -2.57. The van der Waals surface area contributed by atoms with Crippen LogP contribution >= 0.6 is 0 Å². The second kappa shape index (κ2) is 5.01. The molecule has 3 rings (SSSR count). The molecule has 2 aromatic rings. The predicted molar refractivity (Wildman–Crippen MR) is 75.9 cm³/mol. The Morgan fingerprint density at radius 1 is 1.18 bits per heavy atom. The van der Waals surface area contributed by atoms with Crippen LogP contribution in [-0.4, -0.2) is 34.3 Å². The third-order valence-corrected chi connectivity index (χ3v) is 3.59. The molecule has 22 heavy (non-hydrogen) atoms. The monoisotopic (exact) mass is 302 g/mol. The maximum Gasteiger partial charge on any atom is 0.269 e. The van der Waals surface area contributed by atoms with Crippen LogP contribution in [-0.2, 0) is 10.5 Å². The molecule has 0 saturated heterocycles. The third kappa shape index (κ3) is 2.01. The van der Waals surface area contributed by atoms with Gasteiger partial charge in [0.2, 0.25) is 5.78 Å². The lowest BCUT2D eigenvalue weighted by Crippen LogP contribution is -2.53. The molecule has 0 radical (unpaired) electrons. The number of rotatable bonds is 2. The molecule has 0 fully saturated rings. The van der Waals surface area contributed by atoms with Crippen LogP contribution in [0.1, 0.15) is 15.9 Å². The van der Waals surface area contributed by atoms with Crippen molar-refractivity contribution in [1.29, 1.82) is 0 Å². The topological polar surface area (TPSA) is 96.2 Å². The number of benzene rings is 2. The summed E-state index contributed by atoms with van der Waals surface area (Å²) in [6.45, 7) is 0. The van der Waals surface area contributed by atoms with E-state index < -0.39 is 23.4 Å². The first-order valence-electron chi connectivity index (χ1n) is 6.57. The van der Waals surface area contributed by atoms with Crippen molar-refractivity contribution in [3.05, 3.63) is 53.6 Å². The highest BCUT2D eigenvalue weighted by molar-refractivity contribution is 6.06. The number of methoxy groups -OCH3 is 1. The van der Waals surface area contributed by atoms with Gasteiger partial charge in [0.05, 0.1) is 0 Å². The normalized spacial score (nSPS) is 23.7. The molecule has 0 bridgehead atoms. The number of phenols is 2. The van der Waals surface area contributed by atoms with E-state index in [1.165, 1.54) is 7.11 Å². The fourth-order valence-corrected chi connectivity index (χ4v) is 2.60. The summed E-state index contributed by atoms with van der Waals surface area (Å²) in [5.41, 5.74) is 0.189. The Balaban J connectivity index is 2.20. The van der Waals surface area contributed by atoms with Crippen molar-refractivity contribution < 1.29 is 29.6 Å². The van der Waals surface area contributed by atoms with Gasteiger partial charge in [-0.1, -0.05) is 30.3 Å². The number of Topliss-reactive ketones (excluding diaryl/α,β-unsaturated/α-hetero) is 1. The highest BCUT2D eigenvalue weighted by Gasteiger charge is 2.51. The summed E-state index contributed by atoms with van der Waals surface area (Å²) in [6.07, 6.45) is -1.35. The lowest BCUT2D eigenvalue weighted by Gasteiger charge is -2.39. The van der Waals surface area contributed by atoms with Gasteiger partial charge in [0.1, 0.15) is 22.8 Å². The molecule has 1 aliphatic heterocycles. The third-order valence-electron chi connectivity index (χ3n) is 3.59. The molecule has 2 aromatic carbocycles. The van der Waals surface area contributed by atoms with Gasteiger partial charge in [0, 0.05) is 24.8 Å². The van der Waals surface area contributed by atoms with Crippen LogP contribution in [0.25, 0.3) is 0 Å². The summed E-state index contributed by atoms with van der Waals surface area (Å²) in [6, 6.07) is 10.5. The zero-order valence-electron chi connectivity index (χ0n) is 11.7. The Morgan fingerprint density at radius 2 is 1.86 bits per heavy atom. The van der Waals surface area contributed by atoms with Crippen LogP contribution in [0.5, 0.6) is 17.2 Å². The van der Waals surface area contributed by atoms with Gasteiger partial charge < -0.3 is 24.8 Å². The minimum Gasteiger partial charge on any atom is -0.508 e. The molecule has 6 heteroatoms. The number of aliphatic hydroxyl groups is 1. The lowest BCUT2D eigenvalue weighted by atomic mass is 9.89. The highest BCUT2D eigenvalue weighted by Crippen LogP contribution is 2.44. The number of phenolic OH excluding ortho intramolecular Hbond substituents is 2. The SMILES string of the molecule is COC1C(=O)c2c(O)cc(O)cc2OC1(O)c1ccccc1. The van der Waals surface area contributed by atoms with Crippen molar-refractivity contribution in [2.24, 2.45) is 0 Å². The summed E-state index contributed by atoms with van der Waals surface area (Å²) >= 11 is 0. The number of carbonyl (C=O) groups excluding carboxylic acids is 1. The van der Waals surface area contributed by atoms with Crippen molar-refractivity contribution in [2.45, 2.75) is 11.9 Å². The quantitative estimate of drug-likeness (QED) is 0.778. The Morgan fingerprint density at radius 3 is 2.50 bits per heavy atom. The van der Waals surface area contributed by atoms with Gasteiger partial charge in [-0.2, -0.15) is 0 Å². The van der Waals surface area contributed by atoms with Gasteiger partial charge in [-0.25, -0.2) is 0 Å². The average molecular weight is 302 g/mol. The predicted octanol–water partition coefficient (Wildman–Crippen LogP) is 1.53. The molecular weight excluding hydrogens is 288 g/mol. The molecule has 3 N–H and O–H groups in total. The number of ketones is 1. The number of hydrogen-bond acceptors (Lipinski definition) is 6. The van der Waals surface area contributed by atoms with E-state index in [9.17, 15) is 20.1 Å². The molecule has 1 aliphatic rings. The maximum absolute atomic E-state index is 12.6. The van der Waals surface area contributed by atoms with Gasteiger partial charge in [-0.3, -0.25) is 4.79 Å². The Labute approximate surface area is 126 Å². The smallest absolute Gasteiger partial charge is 0.269 e. The minimum atomic E-state index is -2.06. The van der Waals surface area contributed by atoms with E-state index in [-0.39, 0.29) is 17.1 Å². The van der Waals surface area contributed by atoms with Crippen LogP contribution in [0.15, 0.2) is 42.5 Å². The van der Waals surface area contributed by atoms with Gasteiger partial charge in [-0.15, -0.1) is 0 Å². The zero-order valence-corrected chi connectivity index (χ0v) is 11.7. The molecule has 2 atom stereocenters. The fourth-order valence-electron chi connectivity index (χ4n) is 2.60. The van der Waals surface area contributed by atoms with E-state index in [2.05, 4.69) is 0 Å². The summed E-state index contributed by atoms with van der Waals surface area (Å²) in [5, 5.41) is 30.3. The Bertz CT molecular complexity index is 727. The van der Waals surface area contributed by atoms with Gasteiger partial charge >= 0.3 is 0 Å². The molecule has 0 saturated carbocycles. The summed E-state index contributed by atoms with van der Waals surface area (Å²) in [4.78, 5) is 12.6. The maximum atomic E-state index is 12.6. The van der Waals surface area contributed by atoms with E-state index in [1.807, 2.05) is 0 Å². The number of fused-ring (bicyclic) bond motifs is 1. The van der Waals surface area contributed by atoms with E-state index in [0.29, 0.717) is 5.56 Å². The van der Waals surface area contributed by atoms with Crippen LogP contribution in [0.2, 0.25) is 0 Å². The summed E-state index contributed by atoms with van der Waals surface area (Å²) < 4.78 is 10.6. The molecule has 0 aliphatic carbocycles. The fraction of sp³-hybridized carbons (Fsp3) is 0.188. The van der Waals surface area contributed by atoms with E-state index in [0.717, 1.165) is 12.1 Å². The molecular formula is C16H14O6. The molecule has 1 heterocycles. The second-order valence-corrected chi connectivity index (χ2v) is 4.98. The lowest BCUT2D eigenvalue weighted by molar-refractivity contribution is -0.211. The number of carbonyl (C=O) groups is 1. The first kappa shape index (κ1) is 14.4. The van der Waals surface area contributed by atoms with E-state index in [1.54, 1.807) is 30.3 Å². The van der Waals surface area contributed by atoms with E-state index in [4.69, 9.17) is 9.47 Å². The van der Waals surface area contributed by atoms with Crippen molar-refractivity contribution in [3.8, 4) is 17.2 Å². The van der Waals surface area contributed by atoms with Crippen molar-refractivity contribution >= 4 is 5.78 Å². The molecule has 0 amide bonds. The molecule has 0 spiro atoms. The Kier molecular flexibility index (Phi) is 3.27. The molecule has 2 unspecified atom stereocenters. The van der Waals surface area contributed by atoms with Gasteiger partial charge in [-0.05, 0) is 0 Å². The van der Waals surface area contributed by atoms with Crippen LogP contribution < -0.4 is 4.74 Å². The van der Waals surface area contributed by atoms with Gasteiger partial charge in [0.25, 0.3) is 5.79 Å². The molecule has 114 valence electrons. The number of aromatic hydroxyl groups is 2. The number of ether oxygens (including phenoxy) is 2. The summed E-state index contributed by atoms with van der Waals surface area (Å²) in [5.74, 6) is -3.51. The van der Waals surface area contributed by atoms with Crippen LogP contribution in [0.3, 0.4) is 0 Å². The minimum absolute atomic E-state index is 0.109. The highest BCUT2D eigenvalue weighted by atomic mass is 16.7. The number of hydrogen-bond donors (Lipinski definition) is 3. The first-order chi connectivity index (χ1) is 10.5. The van der Waals surface area contributed by atoms with Crippen molar-refractivity contribution in [2.75, 3.05) is 7.11 Å². The second-order valence-electron chi connectivity index (χ2n) is 4.98. The standard InChI is InChI=1S/C16H14O6/c1-21-15-14(19)13-11(18)7-10(17)8-12(13)22-16(15,20)9-5-3-2-4-6-9/h2-8,15,17-18,20H,1H3. The molecule has 6 nitrogen and oxygen atoms in total. The van der Waals surface area contributed by atoms with Crippen LogP contribution in [0, 0.1) is 0 Å². The van der Waals surface area contributed by atoms with Crippen LogP contribution in [0.4, 0.5) is 0 Å². The first-order valence-corrected chi connectivity index (χ1v) is 6.57. The van der Waals surface area contributed by atoms with Gasteiger partial charge in [0.15, 0.2) is 6.10 Å². The molecule has 0 aromatic heterocycles.